The first-order valence-electron chi connectivity index (χ1n) is 11.8. The quantitative estimate of drug-likeness (QED) is 0.396. The van der Waals surface area contributed by atoms with Crippen LogP contribution in [0.2, 0.25) is 0 Å². The van der Waals surface area contributed by atoms with Gasteiger partial charge in [-0.15, -0.1) is 0 Å². The van der Waals surface area contributed by atoms with Crippen molar-refractivity contribution in [3.8, 4) is 0 Å². The first-order valence-corrected chi connectivity index (χ1v) is 11.8. The lowest BCUT2D eigenvalue weighted by Crippen LogP contribution is -2.38. The van der Waals surface area contributed by atoms with Gasteiger partial charge in [0.15, 0.2) is 0 Å². The number of benzene rings is 3. The highest BCUT2D eigenvalue weighted by atomic mass is 19.1. The fourth-order valence-electron chi connectivity index (χ4n) is 4.94. The van der Waals surface area contributed by atoms with Crippen LogP contribution >= 0.6 is 0 Å². The van der Waals surface area contributed by atoms with E-state index in [4.69, 9.17) is 0 Å². The maximum atomic E-state index is 13.4. The second kappa shape index (κ2) is 9.81. The fraction of sp³-hybridized carbons (Fsp3) is 0.296. The van der Waals surface area contributed by atoms with E-state index >= 15 is 0 Å². The summed E-state index contributed by atoms with van der Waals surface area (Å²) in [4.78, 5) is 20.0. The van der Waals surface area contributed by atoms with Crippen LogP contribution in [0.1, 0.15) is 25.3 Å². The van der Waals surface area contributed by atoms with Gasteiger partial charge in [0.25, 0.3) is 0 Å². The minimum absolute atomic E-state index is 0.0334. The number of aromatic amines is 1. The number of fused-ring (bicyclic) bond motifs is 1. The summed E-state index contributed by atoms with van der Waals surface area (Å²) in [5.41, 5.74) is 3.58. The van der Waals surface area contributed by atoms with Crippen molar-refractivity contribution >= 4 is 22.4 Å². The largest absolute Gasteiger partial charge is 0.341 e. The van der Waals surface area contributed by atoms with Crippen molar-refractivity contribution in [2.75, 3.05) is 31.1 Å². The zero-order valence-electron chi connectivity index (χ0n) is 19.0. The summed E-state index contributed by atoms with van der Waals surface area (Å²) in [7, 11) is 0. The van der Waals surface area contributed by atoms with E-state index in [1.54, 1.807) is 24.3 Å². The summed E-state index contributed by atoms with van der Waals surface area (Å²) >= 11 is 0. The molecule has 1 aliphatic heterocycles. The first kappa shape index (κ1) is 22.3. The van der Waals surface area contributed by atoms with Crippen molar-refractivity contribution < 1.29 is 8.78 Å². The molecule has 0 spiro atoms. The molecule has 3 aromatic carbocycles. The van der Waals surface area contributed by atoms with Crippen LogP contribution in [0.5, 0.6) is 0 Å². The molecule has 34 heavy (non-hydrogen) atoms. The van der Waals surface area contributed by atoms with Crippen molar-refractivity contribution in [2.45, 2.75) is 25.3 Å². The van der Waals surface area contributed by atoms with E-state index in [0.29, 0.717) is 0 Å². The van der Waals surface area contributed by atoms with Gasteiger partial charge in [-0.1, -0.05) is 12.1 Å². The molecule has 0 atom stereocenters. The molecule has 1 saturated heterocycles. The van der Waals surface area contributed by atoms with Gasteiger partial charge in [0.2, 0.25) is 0 Å². The van der Waals surface area contributed by atoms with Crippen LogP contribution in [-0.4, -0.2) is 40.6 Å². The number of imidazole rings is 1. The minimum Gasteiger partial charge on any atom is -0.341 e. The zero-order valence-corrected chi connectivity index (χ0v) is 19.0. The molecule has 176 valence electrons. The fourth-order valence-corrected chi connectivity index (χ4v) is 4.94. The Kier molecular flexibility index (Phi) is 6.45. The van der Waals surface area contributed by atoms with Gasteiger partial charge >= 0.3 is 5.69 Å². The second-order valence-corrected chi connectivity index (χ2v) is 8.85. The summed E-state index contributed by atoms with van der Waals surface area (Å²) in [6, 6.07) is 20.9. The summed E-state index contributed by atoms with van der Waals surface area (Å²) in [6.07, 6.45) is 2.77. The van der Waals surface area contributed by atoms with Gasteiger partial charge in [-0.2, -0.15) is 0 Å². The number of nitrogens with zero attached hydrogens (tertiary/aromatic N) is 3. The molecule has 0 saturated carbocycles. The number of rotatable bonds is 7. The SMILES string of the molecule is O=c1[nH]c2ccccc2n1C1CCN(CCCN(c2ccc(F)cc2)c2ccc(F)cc2)CC1. The molecule has 0 bridgehead atoms. The molecule has 5 rings (SSSR count). The number of anilines is 2. The van der Waals surface area contributed by atoms with E-state index < -0.39 is 0 Å². The molecule has 1 aromatic heterocycles. The van der Waals surface area contributed by atoms with Gasteiger partial charge in [0.05, 0.1) is 11.0 Å². The number of para-hydroxylation sites is 2. The third kappa shape index (κ3) is 4.75. The van der Waals surface area contributed by atoms with Gasteiger partial charge < -0.3 is 14.8 Å². The number of piperidine rings is 1. The van der Waals surface area contributed by atoms with Crippen LogP contribution in [0.3, 0.4) is 0 Å². The Morgan fingerprint density at radius 1 is 0.853 bits per heavy atom. The predicted octanol–water partition coefficient (Wildman–Crippen LogP) is 5.47. The molecule has 4 aromatic rings. The van der Waals surface area contributed by atoms with Crippen LogP contribution in [-0.2, 0) is 0 Å². The monoisotopic (exact) mass is 462 g/mol. The molecule has 1 N–H and O–H groups in total. The van der Waals surface area contributed by atoms with Gasteiger partial charge in [-0.3, -0.25) is 4.57 Å². The van der Waals surface area contributed by atoms with E-state index in [9.17, 15) is 13.6 Å². The normalized spacial score (nSPS) is 15.1. The van der Waals surface area contributed by atoms with E-state index in [0.717, 1.165) is 67.8 Å². The van der Waals surface area contributed by atoms with E-state index in [-0.39, 0.29) is 23.4 Å². The van der Waals surface area contributed by atoms with Crippen molar-refractivity contribution in [2.24, 2.45) is 0 Å². The molecule has 0 amide bonds. The molecule has 5 nitrogen and oxygen atoms in total. The third-order valence-corrected chi connectivity index (χ3v) is 6.68. The van der Waals surface area contributed by atoms with Crippen molar-refractivity contribution in [3.05, 3.63) is 94.9 Å². The lowest BCUT2D eigenvalue weighted by atomic mass is 10.0. The van der Waals surface area contributed by atoms with Crippen molar-refractivity contribution in [1.29, 1.82) is 0 Å². The highest BCUT2D eigenvalue weighted by Crippen LogP contribution is 2.27. The van der Waals surface area contributed by atoms with E-state index in [1.165, 1.54) is 24.3 Å². The second-order valence-electron chi connectivity index (χ2n) is 8.85. The number of H-pyrrole nitrogens is 1. The molecule has 2 heterocycles. The molecule has 7 heteroatoms. The molecular weight excluding hydrogens is 434 g/mol. The van der Waals surface area contributed by atoms with Gasteiger partial charge in [0.1, 0.15) is 11.6 Å². The Morgan fingerprint density at radius 3 is 2.06 bits per heavy atom. The number of hydrogen-bond acceptors (Lipinski definition) is 3. The predicted molar refractivity (Wildman–Crippen MR) is 132 cm³/mol. The Bertz CT molecular complexity index is 1240. The lowest BCUT2D eigenvalue weighted by Gasteiger charge is -2.33. The van der Waals surface area contributed by atoms with Gasteiger partial charge in [-0.25, -0.2) is 13.6 Å². The average Bonchev–Trinajstić information content (AvgIpc) is 3.19. The Morgan fingerprint density at radius 2 is 1.44 bits per heavy atom. The molecule has 1 fully saturated rings. The first-order chi connectivity index (χ1) is 16.6. The number of aromatic nitrogens is 2. The number of hydrogen-bond donors (Lipinski definition) is 1. The van der Waals surface area contributed by atoms with Crippen LogP contribution in [0.4, 0.5) is 20.2 Å². The van der Waals surface area contributed by atoms with Gasteiger partial charge in [0, 0.05) is 37.1 Å². The average molecular weight is 463 g/mol. The summed E-state index contributed by atoms with van der Waals surface area (Å²) in [5.74, 6) is -0.556. The Balaban J connectivity index is 1.21. The topological polar surface area (TPSA) is 44.3 Å². The smallest absolute Gasteiger partial charge is 0.326 e. The van der Waals surface area contributed by atoms with Crippen molar-refractivity contribution in [1.82, 2.24) is 14.5 Å². The number of likely N-dealkylation sites (tertiary alicyclic amines) is 1. The maximum absolute atomic E-state index is 13.4. The van der Waals surface area contributed by atoms with Gasteiger partial charge in [-0.05, 0) is 86.5 Å². The minimum atomic E-state index is -0.278. The molecule has 0 radical (unpaired) electrons. The standard InChI is InChI=1S/C27H28F2N4O/c28-20-6-10-22(11-7-20)32(23-12-8-21(29)9-13-23)17-3-16-31-18-14-24(15-19-31)33-26-5-2-1-4-25(26)30-27(33)34/h1-2,4-13,24H,3,14-19H2,(H,30,34). The Hall–Kier alpha value is -3.45. The highest BCUT2D eigenvalue weighted by Gasteiger charge is 2.23. The van der Waals surface area contributed by atoms with E-state index in [2.05, 4.69) is 14.8 Å². The highest BCUT2D eigenvalue weighted by molar-refractivity contribution is 5.75. The van der Waals surface area contributed by atoms with Crippen LogP contribution in [0.25, 0.3) is 11.0 Å². The maximum Gasteiger partial charge on any atom is 0.326 e. The Labute approximate surface area is 197 Å². The van der Waals surface area contributed by atoms with Crippen molar-refractivity contribution in [3.63, 3.8) is 0 Å². The zero-order chi connectivity index (χ0) is 23.5. The molecule has 1 aliphatic rings. The molecule has 0 aliphatic carbocycles. The molecule has 0 unspecified atom stereocenters. The summed E-state index contributed by atoms with van der Waals surface area (Å²) in [6.45, 7) is 3.53. The summed E-state index contributed by atoms with van der Waals surface area (Å²) < 4.78 is 28.8. The number of halogens is 2. The number of nitrogens with one attached hydrogen (secondary N) is 1. The van der Waals surface area contributed by atoms with Crippen LogP contribution in [0, 0.1) is 11.6 Å². The third-order valence-electron chi connectivity index (χ3n) is 6.68. The molecular formula is C27H28F2N4O. The van der Waals surface area contributed by atoms with Crippen LogP contribution in [0.15, 0.2) is 77.6 Å². The lowest BCUT2D eigenvalue weighted by molar-refractivity contribution is 0.186. The van der Waals surface area contributed by atoms with E-state index in [1.807, 2.05) is 28.8 Å². The summed E-state index contributed by atoms with van der Waals surface area (Å²) in [5, 5.41) is 0. The van der Waals surface area contributed by atoms with Crippen LogP contribution < -0.4 is 10.6 Å².